The van der Waals surface area contributed by atoms with Crippen LogP contribution in [0.2, 0.25) is 5.02 Å². The van der Waals surface area contributed by atoms with E-state index >= 15 is 0 Å². The predicted molar refractivity (Wildman–Crippen MR) is 98.4 cm³/mol. The Morgan fingerprint density at radius 1 is 1.29 bits per heavy atom. The number of hydrogen-bond acceptors (Lipinski definition) is 2. The Labute approximate surface area is 148 Å². The second-order valence-corrected chi connectivity index (χ2v) is 4.70. The zero-order valence-corrected chi connectivity index (χ0v) is 15.4. The third-order valence-electron chi connectivity index (χ3n) is 2.56. The highest BCUT2D eigenvalue weighted by Crippen LogP contribution is 2.09. The van der Waals surface area contributed by atoms with E-state index in [1.807, 2.05) is 31.2 Å². The average molecular weight is 425 g/mol. The number of nitrogens with one attached hydrogen (secondary N) is 3. The Hall–Kier alpha value is -1.02. The van der Waals surface area contributed by atoms with Gasteiger partial charge in [-0.1, -0.05) is 30.7 Å². The molecule has 0 heterocycles. The molecule has 0 aliphatic heterocycles. The number of carbonyl (C=O) groups excluding carboxylic acids is 1. The van der Waals surface area contributed by atoms with Crippen molar-refractivity contribution in [3.63, 3.8) is 0 Å². The maximum absolute atomic E-state index is 11.5. The minimum atomic E-state index is -0.0439. The van der Waals surface area contributed by atoms with Crippen LogP contribution in [0.25, 0.3) is 0 Å². The van der Waals surface area contributed by atoms with Gasteiger partial charge in [0.1, 0.15) is 0 Å². The maximum Gasteiger partial charge on any atom is 0.239 e. The van der Waals surface area contributed by atoms with Crippen LogP contribution in [-0.4, -0.2) is 32.0 Å². The van der Waals surface area contributed by atoms with Gasteiger partial charge in [-0.15, -0.1) is 24.0 Å². The molecule has 0 aliphatic carbocycles. The Morgan fingerprint density at radius 3 is 2.67 bits per heavy atom. The van der Waals surface area contributed by atoms with Gasteiger partial charge in [-0.3, -0.25) is 9.79 Å². The zero-order chi connectivity index (χ0) is 14.8. The topological polar surface area (TPSA) is 65.5 Å². The summed E-state index contributed by atoms with van der Waals surface area (Å²) < 4.78 is 0. The molecule has 0 saturated heterocycles. The van der Waals surface area contributed by atoms with E-state index in [9.17, 15) is 4.79 Å². The number of hydrogen-bond donors (Lipinski definition) is 3. The summed E-state index contributed by atoms with van der Waals surface area (Å²) in [6.45, 7) is 3.50. The summed E-state index contributed by atoms with van der Waals surface area (Å²) in [5, 5.41) is 9.57. The standard InChI is InChI=1S/C14H21ClN4O.HI/c1-3-7-17-13(20)10-19-14(16-2)18-9-11-5-4-6-12(15)8-11;/h4-6,8H,3,7,9-10H2,1-2H3,(H,17,20)(H2,16,18,19);1H. The molecule has 0 spiro atoms. The number of nitrogens with zero attached hydrogens (tertiary/aromatic N) is 1. The van der Waals surface area contributed by atoms with Crippen molar-refractivity contribution in [3.8, 4) is 0 Å². The number of guanidine groups is 1. The molecule has 5 nitrogen and oxygen atoms in total. The van der Waals surface area contributed by atoms with Crippen molar-refractivity contribution in [1.82, 2.24) is 16.0 Å². The summed E-state index contributed by atoms with van der Waals surface area (Å²) in [6, 6.07) is 7.58. The van der Waals surface area contributed by atoms with Gasteiger partial charge >= 0.3 is 0 Å². The lowest BCUT2D eigenvalue weighted by molar-refractivity contribution is -0.120. The Balaban J connectivity index is 0.00000400. The van der Waals surface area contributed by atoms with Gasteiger partial charge in [-0.05, 0) is 24.1 Å². The van der Waals surface area contributed by atoms with Crippen LogP contribution in [-0.2, 0) is 11.3 Å². The maximum atomic E-state index is 11.5. The van der Waals surface area contributed by atoms with Crippen molar-refractivity contribution >= 4 is 47.4 Å². The summed E-state index contributed by atoms with van der Waals surface area (Å²) in [7, 11) is 1.66. The minimum absolute atomic E-state index is 0. The Morgan fingerprint density at radius 2 is 2.05 bits per heavy atom. The summed E-state index contributed by atoms with van der Waals surface area (Å²) in [4.78, 5) is 15.5. The van der Waals surface area contributed by atoms with Crippen LogP contribution in [0.1, 0.15) is 18.9 Å². The van der Waals surface area contributed by atoms with E-state index in [4.69, 9.17) is 11.6 Å². The fourth-order valence-electron chi connectivity index (χ4n) is 1.54. The van der Waals surface area contributed by atoms with Crippen LogP contribution < -0.4 is 16.0 Å². The van der Waals surface area contributed by atoms with Gasteiger partial charge in [0.05, 0.1) is 6.54 Å². The predicted octanol–water partition coefficient (Wildman–Crippen LogP) is 2.15. The molecule has 0 aliphatic rings. The molecule has 1 rings (SSSR count). The van der Waals surface area contributed by atoms with Crippen molar-refractivity contribution in [2.45, 2.75) is 19.9 Å². The molecule has 0 unspecified atom stereocenters. The average Bonchev–Trinajstić information content (AvgIpc) is 2.45. The first-order chi connectivity index (χ1) is 9.65. The molecule has 0 saturated carbocycles. The van der Waals surface area contributed by atoms with Crippen LogP contribution in [0.15, 0.2) is 29.3 Å². The highest BCUT2D eigenvalue weighted by molar-refractivity contribution is 14.0. The number of amides is 1. The molecule has 1 amide bonds. The fourth-order valence-corrected chi connectivity index (χ4v) is 1.76. The molecule has 3 N–H and O–H groups in total. The van der Waals surface area contributed by atoms with E-state index in [1.165, 1.54) is 0 Å². The van der Waals surface area contributed by atoms with Crippen molar-refractivity contribution in [2.75, 3.05) is 20.1 Å². The summed E-state index contributed by atoms with van der Waals surface area (Å²) in [5.74, 6) is 0.536. The molecule has 0 fully saturated rings. The molecule has 1 aromatic carbocycles. The minimum Gasteiger partial charge on any atom is -0.355 e. The van der Waals surface area contributed by atoms with Crippen molar-refractivity contribution in [2.24, 2.45) is 4.99 Å². The lowest BCUT2D eigenvalue weighted by atomic mass is 10.2. The molecule has 118 valence electrons. The van der Waals surface area contributed by atoms with Gasteiger partial charge in [0, 0.05) is 25.2 Å². The van der Waals surface area contributed by atoms with E-state index in [2.05, 4.69) is 20.9 Å². The third kappa shape index (κ3) is 8.77. The van der Waals surface area contributed by atoms with E-state index in [0.29, 0.717) is 24.1 Å². The number of aliphatic imine (C=N–C) groups is 1. The first kappa shape index (κ1) is 20.0. The van der Waals surface area contributed by atoms with Gasteiger partial charge in [-0.2, -0.15) is 0 Å². The molecule has 7 heteroatoms. The van der Waals surface area contributed by atoms with E-state index < -0.39 is 0 Å². The quantitative estimate of drug-likeness (QED) is 0.372. The van der Waals surface area contributed by atoms with Crippen LogP contribution in [0.3, 0.4) is 0 Å². The van der Waals surface area contributed by atoms with Crippen molar-refractivity contribution in [3.05, 3.63) is 34.9 Å². The molecular formula is C14H22ClIN4O. The largest absolute Gasteiger partial charge is 0.355 e. The molecule has 21 heavy (non-hydrogen) atoms. The molecular weight excluding hydrogens is 403 g/mol. The van der Waals surface area contributed by atoms with Gasteiger partial charge in [0.2, 0.25) is 5.91 Å². The molecule has 0 radical (unpaired) electrons. The second kappa shape index (κ2) is 11.6. The molecule has 0 atom stereocenters. The molecule has 0 bridgehead atoms. The summed E-state index contributed by atoms with van der Waals surface area (Å²) in [6.07, 6.45) is 0.924. The van der Waals surface area contributed by atoms with Gasteiger partial charge in [0.25, 0.3) is 0 Å². The van der Waals surface area contributed by atoms with Crippen LogP contribution in [0, 0.1) is 0 Å². The van der Waals surface area contributed by atoms with Gasteiger partial charge in [0.15, 0.2) is 5.96 Å². The lowest BCUT2D eigenvalue weighted by Crippen LogP contribution is -2.43. The first-order valence-electron chi connectivity index (χ1n) is 6.61. The monoisotopic (exact) mass is 424 g/mol. The molecule has 0 aromatic heterocycles. The smallest absolute Gasteiger partial charge is 0.239 e. The van der Waals surface area contributed by atoms with Crippen LogP contribution >= 0.6 is 35.6 Å². The highest BCUT2D eigenvalue weighted by atomic mass is 127. The lowest BCUT2D eigenvalue weighted by Gasteiger charge is -2.12. The number of benzene rings is 1. The first-order valence-corrected chi connectivity index (χ1v) is 6.99. The second-order valence-electron chi connectivity index (χ2n) is 4.26. The van der Waals surface area contributed by atoms with Crippen LogP contribution in [0.5, 0.6) is 0 Å². The number of carbonyl (C=O) groups is 1. The zero-order valence-electron chi connectivity index (χ0n) is 12.3. The SMILES string of the molecule is CCCNC(=O)CNC(=NC)NCc1cccc(Cl)c1.I. The normalized spacial score (nSPS) is 10.5. The van der Waals surface area contributed by atoms with E-state index in [1.54, 1.807) is 7.05 Å². The van der Waals surface area contributed by atoms with Crippen molar-refractivity contribution < 1.29 is 4.79 Å². The third-order valence-corrected chi connectivity index (χ3v) is 2.80. The van der Waals surface area contributed by atoms with Crippen LogP contribution in [0.4, 0.5) is 0 Å². The number of rotatable bonds is 6. The van der Waals surface area contributed by atoms with E-state index in [-0.39, 0.29) is 36.4 Å². The fraction of sp³-hybridized carbons (Fsp3) is 0.429. The highest BCUT2D eigenvalue weighted by Gasteiger charge is 2.02. The summed E-state index contributed by atoms with van der Waals surface area (Å²) in [5.41, 5.74) is 1.05. The van der Waals surface area contributed by atoms with E-state index in [0.717, 1.165) is 12.0 Å². The van der Waals surface area contributed by atoms with Crippen molar-refractivity contribution in [1.29, 1.82) is 0 Å². The Kier molecular flexibility index (Phi) is 11.1. The Bertz CT molecular complexity index is 468. The number of halogens is 2. The molecule has 1 aromatic rings. The van der Waals surface area contributed by atoms with Gasteiger partial charge < -0.3 is 16.0 Å². The summed E-state index contributed by atoms with van der Waals surface area (Å²) >= 11 is 5.92. The van der Waals surface area contributed by atoms with Gasteiger partial charge in [-0.25, -0.2) is 0 Å².